The molecule has 0 fully saturated rings. The minimum Gasteiger partial charge on any atom is -0.462 e. The van der Waals surface area contributed by atoms with E-state index in [1.165, 1.54) is 77.0 Å². The van der Waals surface area contributed by atoms with E-state index < -0.39 is 97.5 Å². The summed E-state index contributed by atoms with van der Waals surface area (Å²) in [5.41, 5.74) is 0. The Kier molecular flexibility index (Phi) is 49.0. The fraction of sp³-hybridized carbons (Fsp3) is 0.929. The second kappa shape index (κ2) is 50.3. The van der Waals surface area contributed by atoms with Gasteiger partial charge in [-0.3, -0.25) is 37.3 Å². The third kappa shape index (κ3) is 51.3. The zero-order valence-electron chi connectivity index (χ0n) is 47.7. The molecular weight excluding hydrogens is 1010 g/mol. The van der Waals surface area contributed by atoms with Gasteiger partial charge in [0.15, 0.2) is 12.2 Å². The lowest BCUT2D eigenvalue weighted by atomic mass is 10.0. The molecule has 19 heteroatoms. The molecule has 0 bridgehead atoms. The molecule has 2 unspecified atom stereocenters. The summed E-state index contributed by atoms with van der Waals surface area (Å²) < 4.78 is 67.3. The summed E-state index contributed by atoms with van der Waals surface area (Å²) in [5, 5.41) is 10.5. The predicted octanol–water partition coefficient (Wildman–Crippen LogP) is 14.7. The molecule has 75 heavy (non-hydrogen) atoms. The van der Waals surface area contributed by atoms with Gasteiger partial charge in [-0.2, -0.15) is 0 Å². The van der Waals surface area contributed by atoms with Gasteiger partial charge in [0.1, 0.15) is 19.3 Å². The topological polar surface area (TPSA) is 237 Å². The van der Waals surface area contributed by atoms with Crippen molar-refractivity contribution in [1.82, 2.24) is 0 Å². The molecule has 0 rings (SSSR count). The normalized spacial score (nSPS) is 14.5. The largest absolute Gasteiger partial charge is 0.472 e. The van der Waals surface area contributed by atoms with Gasteiger partial charge >= 0.3 is 39.5 Å². The van der Waals surface area contributed by atoms with Crippen LogP contribution in [0.2, 0.25) is 0 Å². The van der Waals surface area contributed by atoms with Crippen LogP contribution in [0, 0.1) is 5.92 Å². The first kappa shape index (κ1) is 73.1. The smallest absolute Gasteiger partial charge is 0.462 e. The van der Waals surface area contributed by atoms with E-state index in [2.05, 4.69) is 34.6 Å². The van der Waals surface area contributed by atoms with Crippen LogP contribution in [0.5, 0.6) is 0 Å². The van der Waals surface area contributed by atoms with E-state index in [9.17, 15) is 43.2 Å². The first-order chi connectivity index (χ1) is 36.0. The Morgan fingerprint density at radius 2 is 0.613 bits per heavy atom. The van der Waals surface area contributed by atoms with Crippen molar-refractivity contribution in [3.63, 3.8) is 0 Å². The predicted molar refractivity (Wildman–Crippen MR) is 294 cm³/mol. The van der Waals surface area contributed by atoms with E-state index in [1.807, 2.05) is 0 Å². The molecule has 0 radical (unpaired) electrons. The highest BCUT2D eigenvalue weighted by molar-refractivity contribution is 7.47. The van der Waals surface area contributed by atoms with Crippen molar-refractivity contribution in [2.75, 3.05) is 39.6 Å². The van der Waals surface area contributed by atoms with Crippen molar-refractivity contribution in [2.45, 2.75) is 291 Å². The number of unbranched alkanes of at least 4 members (excludes halogenated alkanes) is 28. The monoisotopic (exact) mass is 1110 g/mol. The van der Waals surface area contributed by atoms with E-state index in [0.717, 1.165) is 115 Å². The zero-order chi connectivity index (χ0) is 55.7. The molecule has 0 aromatic carbocycles. The minimum atomic E-state index is -4.93. The van der Waals surface area contributed by atoms with E-state index in [4.69, 9.17) is 37.0 Å². The number of hydrogen-bond acceptors (Lipinski definition) is 15. The number of phosphoric ester groups is 2. The maximum Gasteiger partial charge on any atom is 0.472 e. The summed E-state index contributed by atoms with van der Waals surface area (Å²) in [4.78, 5) is 71.4. The quantitative estimate of drug-likeness (QED) is 0.0222. The molecule has 17 nitrogen and oxygen atoms in total. The molecule has 3 N–H and O–H groups in total. The van der Waals surface area contributed by atoms with E-state index in [1.54, 1.807) is 0 Å². The van der Waals surface area contributed by atoms with Gasteiger partial charge in [0.05, 0.1) is 26.4 Å². The fourth-order valence-electron chi connectivity index (χ4n) is 8.17. The second-order valence-corrected chi connectivity index (χ2v) is 23.7. The molecule has 5 atom stereocenters. The molecule has 0 amide bonds. The summed E-state index contributed by atoms with van der Waals surface area (Å²) in [6.07, 6.45) is 31.2. The Morgan fingerprint density at radius 1 is 0.360 bits per heavy atom. The molecule has 0 aliphatic carbocycles. The lowest BCUT2D eigenvalue weighted by Crippen LogP contribution is -2.30. The molecule has 444 valence electrons. The maximum absolute atomic E-state index is 12.9. The van der Waals surface area contributed by atoms with Crippen LogP contribution in [0.4, 0.5) is 0 Å². The van der Waals surface area contributed by atoms with E-state index >= 15 is 0 Å². The van der Waals surface area contributed by atoms with Crippen LogP contribution in [-0.2, 0) is 65.4 Å². The zero-order valence-corrected chi connectivity index (χ0v) is 49.5. The number of ether oxygens (including phenoxy) is 4. The highest BCUT2D eigenvalue weighted by atomic mass is 31.2. The molecule has 0 aromatic rings. The van der Waals surface area contributed by atoms with Crippen LogP contribution in [0.3, 0.4) is 0 Å². The van der Waals surface area contributed by atoms with Gasteiger partial charge in [-0.1, -0.05) is 221 Å². The Balaban J connectivity index is 5.17. The number of aliphatic hydroxyl groups excluding tert-OH is 1. The third-order valence-corrected chi connectivity index (χ3v) is 14.7. The van der Waals surface area contributed by atoms with Crippen molar-refractivity contribution in [2.24, 2.45) is 5.92 Å². The van der Waals surface area contributed by atoms with Gasteiger partial charge in [0.2, 0.25) is 0 Å². The molecular formula is C56H108O17P2. The molecule has 0 heterocycles. The molecule has 0 aromatic heterocycles. The minimum absolute atomic E-state index is 0.103. The van der Waals surface area contributed by atoms with Gasteiger partial charge in [-0.15, -0.1) is 0 Å². The molecule has 0 aliphatic rings. The van der Waals surface area contributed by atoms with Crippen molar-refractivity contribution >= 4 is 39.5 Å². The summed E-state index contributed by atoms with van der Waals surface area (Å²) >= 11 is 0. The lowest BCUT2D eigenvalue weighted by Gasteiger charge is -2.21. The number of phosphoric acid groups is 2. The average molecular weight is 1120 g/mol. The number of esters is 4. The molecule has 0 spiro atoms. The molecule has 0 saturated carbocycles. The highest BCUT2D eigenvalue weighted by Gasteiger charge is 2.30. The average Bonchev–Trinajstić information content (AvgIpc) is 3.37. The van der Waals surface area contributed by atoms with Crippen LogP contribution in [-0.4, -0.2) is 96.7 Å². The molecule has 0 aliphatic heterocycles. The molecule has 0 saturated heterocycles. The second-order valence-electron chi connectivity index (χ2n) is 20.8. The van der Waals surface area contributed by atoms with Gasteiger partial charge in [-0.25, -0.2) is 9.13 Å². The van der Waals surface area contributed by atoms with Gasteiger partial charge in [-0.05, 0) is 31.6 Å². The standard InChI is InChI=1S/C56H108O17P2/c1-6-9-12-15-17-18-19-20-21-27-32-37-42-56(61)73-52(46-67-54(59)40-35-30-26-23-22-25-29-33-38-49(4)5)48-71-75(64,65)69-44-50(57)43-68-74(62,63)70-47-51(45-66-53(58)39-34-28-14-11-8-3)72-55(60)41-36-31-24-16-13-10-7-2/h49-52,57H,6-48H2,1-5H3,(H,62,63)(H,64,65)/t50-,51+,52+/m0/s1. The Morgan fingerprint density at radius 3 is 0.907 bits per heavy atom. The lowest BCUT2D eigenvalue weighted by molar-refractivity contribution is -0.161. The summed E-state index contributed by atoms with van der Waals surface area (Å²) in [6.45, 7) is 6.96. The highest BCUT2D eigenvalue weighted by Crippen LogP contribution is 2.45. The summed E-state index contributed by atoms with van der Waals surface area (Å²) in [5.74, 6) is -1.43. The van der Waals surface area contributed by atoms with Crippen LogP contribution < -0.4 is 0 Å². The number of rotatable bonds is 56. The maximum atomic E-state index is 12.9. The van der Waals surface area contributed by atoms with Crippen LogP contribution >= 0.6 is 15.6 Å². The summed E-state index contributed by atoms with van der Waals surface area (Å²) in [6, 6.07) is 0. The van der Waals surface area contributed by atoms with Crippen LogP contribution in [0.15, 0.2) is 0 Å². The van der Waals surface area contributed by atoms with E-state index in [-0.39, 0.29) is 25.7 Å². The van der Waals surface area contributed by atoms with Gasteiger partial charge in [0, 0.05) is 25.7 Å². The first-order valence-electron chi connectivity index (χ1n) is 29.6. The van der Waals surface area contributed by atoms with Crippen LogP contribution in [0.25, 0.3) is 0 Å². The van der Waals surface area contributed by atoms with Gasteiger partial charge < -0.3 is 33.8 Å². The van der Waals surface area contributed by atoms with Crippen molar-refractivity contribution in [1.29, 1.82) is 0 Å². The number of aliphatic hydroxyl groups is 1. The Labute approximate surface area is 454 Å². The van der Waals surface area contributed by atoms with Crippen molar-refractivity contribution in [3.8, 4) is 0 Å². The first-order valence-corrected chi connectivity index (χ1v) is 32.6. The Hall–Kier alpha value is -1.94. The third-order valence-electron chi connectivity index (χ3n) is 12.8. The number of carbonyl (C=O) groups is 4. The summed E-state index contributed by atoms with van der Waals surface area (Å²) in [7, 11) is -9.86. The number of carbonyl (C=O) groups excluding carboxylic acids is 4. The van der Waals surface area contributed by atoms with Crippen LogP contribution in [0.1, 0.15) is 272 Å². The Bertz CT molecular complexity index is 1480. The SMILES string of the molecule is CCCCCCCCCCCCCCC(=O)O[C@H](COC(=O)CCCCCCCCCCC(C)C)COP(=O)(O)OC[C@@H](O)COP(=O)(O)OC[C@@H](COC(=O)CCCCCCC)OC(=O)CCCCCCCCC. The fourth-order valence-corrected chi connectivity index (χ4v) is 9.75. The van der Waals surface area contributed by atoms with E-state index in [0.29, 0.717) is 25.7 Å². The number of hydrogen-bond donors (Lipinski definition) is 3. The van der Waals surface area contributed by atoms with Gasteiger partial charge in [0.25, 0.3) is 0 Å². The van der Waals surface area contributed by atoms with Crippen molar-refractivity contribution < 1.29 is 80.2 Å². The van der Waals surface area contributed by atoms with Crippen molar-refractivity contribution in [3.05, 3.63) is 0 Å².